The van der Waals surface area contributed by atoms with Crippen molar-refractivity contribution >= 4 is 17.0 Å². The molecule has 5 heteroatoms. The summed E-state index contributed by atoms with van der Waals surface area (Å²) in [4.78, 5) is 10.7. The maximum absolute atomic E-state index is 4.80. The lowest BCUT2D eigenvalue weighted by molar-refractivity contribution is 0.753. The van der Waals surface area contributed by atoms with Gasteiger partial charge in [0, 0.05) is 30.4 Å². The summed E-state index contributed by atoms with van der Waals surface area (Å²) in [5, 5.41) is 2.18. The van der Waals surface area contributed by atoms with Crippen molar-refractivity contribution in [3.63, 3.8) is 0 Å². The Kier molecular flexibility index (Phi) is 16.9. The average Bonchev–Trinajstić information content (AvgIpc) is 4.00. The van der Waals surface area contributed by atoms with Crippen molar-refractivity contribution in [2.75, 3.05) is 0 Å². The summed E-state index contributed by atoms with van der Waals surface area (Å²) < 4.78 is 4.53. The Balaban J connectivity index is 0.000000242. The number of aromatic nitrogens is 4. The molecule has 4 nitrogen and oxygen atoms in total. The van der Waals surface area contributed by atoms with Gasteiger partial charge in [-0.25, -0.2) is 9.97 Å². The van der Waals surface area contributed by atoms with Crippen molar-refractivity contribution < 1.29 is 0 Å². The average molecular weight is 779 g/mol. The van der Waals surface area contributed by atoms with Crippen LogP contribution in [-0.4, -0.2) is 19.1 Å². The first kappa shape index (κ1) is 44.7. The van der Waals surface area contributed by atoms with Crippen LogP contribution in [0.5, 0.6) is 0 Å². The maximum Gasteiger partial charge on any atom is 0.154 e. The van der Waals surface area contributed by atoms with E-state index >= 15 is 0 Å². The molecule has 0 saturated carbocycles. The standard InChI is InChI=1S/C27H30N2S.C22H28N2.C3H8/c1-6-20-12-15-30-26(20)27-28-13-14-29(27)25-23(18(2)3)16-22(17-24(25)19(4)5)21-10-8-7-9-11-21;1-7-19(16(3)4)21(20(8-2)17(5)6)24-15-14-23-22(24)18-12-10-9-11-13-18;1-3-2/h7-19H,6H2,1-5H3;7-17H,1H2,2-6H3;3H2,1-2H3/b;20-8-,21-19-;. The van der Waals surface area contributed by atoms with Gasteiger partial charge >= 0.3 is 0 Å². The third-order valence-corrected chi connectivity index (χ3v) is 10.9. The largest absolute Gasteiger partial charge is 0.299 e. The van der Waals surface area contributed by atoms with Crippen LogP contribution >= 0.6 is 11.3 Å². The Morgan fingerprint density at radius 1 is 0.702 bits per heavy atom. The van der Waals surface area contributed by atoms with Gasteiger partial charge in [-0.3, -0.25) is 9.13 Å². The lowest BCUT2D eigenvalue weighted by Gasteiger charge is -2.23. The fourth-order valence-electron chi connectivity index (χ4n) is 7.18. The molecule has 0 bridgehead atoms. The SMILES string of the molecule is C=C/C(=C(\C(=C/C)C(C)C)n1ccnc1-c1ccccc1)C(C)C.CCC.CCc1ccsc1-c1nccn1-c1c(C(C)C)cc(-c2ccccc2)cc1C(C)C. The number of rotatable bonds is 12. The zero-order valence-corrected chi connectivity index (χ0v) is 37.5. The van der Waals surface area contributed by atoms with Crippen LogP contribution in [0.2, 0.25) is 0 Å². The number of thiophene rings is 1. The summed E-state index contributed by atoms with van der Waals surface area (Å²) in [7, 11) is 0. The normalized spacial score (nSPS) is 12.0. The molecular weight excluding hydrogens is 713 g/mol. The molecule has 6 aromatic rings. The highest BCUT2D eigenvalue weighted by atomic mass is 32.1. The first-order chi connectivity index (χ1) is 27.4. The summed E-state index contributed by atoms with van der Waals surface area (Å²) in [6, 6.07) is 28.0. The highest BCUT2D eigenvalue weighted by molar-refractivity contribution is 7.13. The van der Waals surface area contributed by atoms with Gasteiger partial charge in [0.25, 0.3) is 0 Å². The monoisotopic (exact) mass is 779 g/mol. The summed E-state index contributed by atoms with van der Waals surface area (Å²) >= 11 is 1.79. The molecule has 57 heavy (non-hydrogen) atoms. The molecule has 0 radical (unpaired) electrons. The van der Waals surface area contributed by atoms with E-state index in [2.05, 4.69) is 188 Å². The lowest BCUT2D eigenvalue weighted by atomic mass is 9.88. The van der Waals surface area contributed by atoms with Crippen LogP contribution in [0.3, 0.4) is 0 Å². The second-order valence-electron chi connectivity index (χ2n) is 15.7. The Labute approximate surface area is 348 Å². The van der Waals surface area contributed by atoms with Crippen molar-refractivity contribution in [1.82, 2.24) is 19.1 Å². The molecule has 0 atom stereocenters. The van der Waals surface area contributed by atoms with Crippen LogP contribution in [0.1, 0.15) is 118 Å². The second kappa shape index (κ2) is 21.5. The summed E-state index contributed by atoms with van der Waals surface area (Å²) in [5.74, 6) is 3.64. The number of nitrogens with zero attached hydrogens (tertiary/aromatic N) is 4. The number of benzene rings is 3. The van der Waals surface area contributed by atoms with E-state index in [0.29, 0.717) is 23.7 Å². The minimum absolute atomic E-state index is 0.386. The van der Waals surface area contributed by atoms with Crippen molar-refractivity contribution in [3.05, 3.63) is 156 Å². The summed E-state index contributed by atoms with van der Waals surface area (Å²) in [6.07, 6.45) is 14.5. The molecule has 3 aromatic carbocycles. The Hall–Kier alpha value is -5.00. The van der Waals surface area contributed by atoms with Crippen LogP contribution in [0, 0.1) is 11.8 Å². The topological polar surface area (TPSA) is 35.6 Å². The third kappa shape index (κ3) is 10.7. The molecule has 0 N–H and O–H groups in total. The molecule has 0 fully saturated rings. The smallest absolute Gasteiger partial charge is 0.154 e. The van der Waals surface area contributed by atoms with Gasteiger partial charge < -0.3 is 0 Å². The fraction of sp³-hybridized carbons (Fsp3) is 0.346. The highest BCUT2D eigenvalue weighted by Gasteiger charge is 2.23. The van der Waals surface area contributed by atoms with Crippen LogP contribution in [0.15, 0.2) is 139 Å². The molecule has 0 unspecified atom stereocenters. The lowest BCUT2D eigenvalue weighted by Crippen LogP contribution is -2.11. The van der Waals surface area contributed by atoms with Crippen molar-refractivity contribution in [1.29, 1.82) is 0 Å². The molecule has 300 valence electrons. The van der Waals surface area contributed by atoms with Gasteiger partial charge in [-0.05, 0) is 99.6 Å². The molecule has 0 saturated heterocycles. The zero-order chi connectivity index (χ0) is 41.6. The number of allylic oxidation sites excluding steroid dienone is 5. The van der Waals surface area contributed by atoms with Gasteiger partial charge in [-0.2, -0.15) is 0 Å². The number of hydrogen-bond acceptors (Lipinski definition) is 3. The fourth-order valence-corrected chi connectivity index (χ4v) is 8.17. The maximum atomic E-state index is 4.80. The molecule has 6 rings (SSSR count). The van der Waals surface area contributed by atoms with Crippen LogP contribution in [0.25, 0.3) is 44.6 Å². The molecule has 0 amide bonds. The van der Waals surface area contributed by atoms with E-state index in [1.54, 1.807) is 11.3 Å². The minimum atomic E-state index is 0.386. The van der Waals surface area contributed by atoms with E-state index in [1.807, 2.05) is 36.7 Å². The molecule has 0 spiro atoms. The van der Waals surface area contributed by atoms with Gasteiger partial charge in [0.05, 0.1) is 16.3 Å². The predicted molar refractivity (Wildman–Crippen MR) is 250 cm³/mol. The van der Waals surface area contributed by atoms with Crippen LogP contribution in [-0.2, 0) is 6.42 Å². The quantitative estimate of drug-likeness (QED) is 0.116. The molecule has 3 heterocycles. The van der Waals surface area contributed by atoms with E-state index in [0.717, 1.165) is 23.6 Å². The van der Waals surface area contributed by atoms with Gasteiger partial charge in [-0.15, -0.1) is 11.3 Å². The Bertz CT molecular complexity index is 2170. The first-order valence-corrected chi connectivity index (χ1v) is 21.8. The number of imidazole rings is 2. The first-order valence-electron chi connectivity index (χ1n) is 20.9. The molecular formula is C52H66N4S. The van der Waals surface area contributed by atoms with E-state index in [9.17, 15) is 0 Å². The number of hydrogen-bond donors (Lipinski definition) is 0. The van der Waals surface area contributed by atoms with Gasteiger partial charge in [0.15, 0.2) is 5.82 Å². The van der Waals surface area contributed by atoms with Crippen LogP contribution in [0.4, 0.5) is 0 Å². The predicted octanol–water partition coefficient (Wildman–Crippen LogP) is 15.7. The van der Waals surface area contributed by atoms with Gasteiger partial charge in [0.1, 0.15) is 5.82 Å². The minimum Gasteiger partial charge on any atom is -0.299 e. The van der Waals surface area contributed by atoms with Gasteiger partial charge in [0.2, 0.25) is 0 Å². The highest BCUT2D eigenvalue weighted by Crippen LogP contribution is 2.39. The summed E-state index contributed by atoms with van der Waals surface area (Å²) in [5.41, 5.74) is 12.8. The Morgan fingerprint density at radius 2 is 1.25 bits per heavy atom. The Morgan fingerprint density at radius 3 is 1.74 bits per heavy atom. The summed E-state index contributed by atoms with van der Waals surface area (Å²) in [6.45, 7) is 30.7. The van der Waals surface area contributed by atoms with E-state index in [-0.39, 0.29) is 0 Å². The third-order valence-electron chi connectivity index (χ3n) is 9.97. The van der Waals surface area contributed by atoms with Gasteiger partial charge in [-0.1, -0.05) is 162 Å². The van der Waals surface area contributed by atoms with E-state index < -0.39 is 0 Å². The zero-order valence-electron chi connectivity index (χ0n) is 36.7. The molecule has 0 aliphatic rings. The van der Waals surface area contributed by atoms with E-state index in [1.165, 1.54) is 61.6 Å². The van der Waals surface area contributed by atoms with Crippen molar-refractivity contribution in [3.8, 4) is 38.9 Å². The molecule has 0 aliphatic carbocycles. The van der Waals surface area contributed by atoms with Crippen LogP contribution < -0.4 is 0 Å². The second-order valence-corrected chi connectivity index (χ2v) is 16.6. The number of aryl methyl sites for hydroxylation is 1. The van der Waals surface area contributed by atoms with Crippen molar-refractivity contribution in [2.45, 2.75) is 108 Å². The molecule has 0 aliphatic heterocycles. The molecule has 3 aromatic heterocycles. The van der Waals surface area contributed by atoms with Crippen molar-refractivity contribution in [2.24, 2.45) is 11.8 Å². The van der Waals surface area contributed by atoms with E-state index in [4.69, 9.17) is 4.98 Å².